The van der Waals surface area contributed by atoms with Crippen LogP contribution in [0, 0.1) is 0 Å². The van der Waals surface area contributed by atoms with E-state index >= 15 is 0 Å². The Hall–Kier alpha value is -1.55. The summed E-state index contributed by atoms with van der Waals surface area (Å²) in [5.41, 5.74) is 2.21. The van der Waals surface area contributed by atoms with Gasteiger partial charge in [-0.1, -0.05) is 32.9 Å². The Balaban J connectivity index is 2.04. The molecule has 20 heavy (non-hydrogen) atoms. The van der Waals surface area contributed by atoms with Crippen LogP contribution in [0.3, 0.4) is 0 Å². The molecule has 0 aliphatic rings. The van der Waals surface area contributed by atoms with E-state index in [4.69, 9.17) is 4.74 Å². The van der Waals surface area contributed by atoms with Crippen molar-refractivity contribution in [2.75, 3.05) is 11.9 Å². The summed E-state index contributed by atoms with van der Waals surface area (Å²) >= 11 is 1.72. The maximum absolute atomic E-state index is 5.60. The Labute approximate surface area is 125 Å². The molecule has 0 spiro atoms. The third-order valence-electron chi connectivity index (χ3n) is 2.84. The van der Waals surface area contributed by atoms with E-state index in [2.05, 4.69) is 36.5 Å². The number of nitrogens with zero attached hydrogens (tertiary/aromatic N) is 1. The van der Waals surface area contributed by atoms with E-state index in [1.165, 1.54) is 5.01 Å². The largest absolute Gasteiger partial charge is 0.492 e. The second-order valence-corrected chi connectivity index (χ2v) is 6.53. The van der Waals surface area contributed by atoms with Crippen molar-refractivity contribution in [2.45, 2.75) is 39.7 Å². The summed E-state index contributed by atoms with van der Waals surface area (Å²) in [6, 6.07) is 8.00. The molecule has 0 aliphatic heterocycles. The molecule has 4 heteroatoms. The van der Waals surface area contributed by atoms with Crippen LogP contribution in [0.2, 0.25) is 0 Å². The SMILES string of the molecule is CCOc1ccccc1NCc1csc(C(C)(C)C)n1. The molecule has 1 N–H and O–H groups in total. The molecule has 1 aromatic heterocycles. The summed E-state index contributed by atoms with van der Waals surface area (Å²) in [6.07, 6.45) is 0. The Morgan fingerprint density at radius 3 is 2.65 bits per heavy atom. The summed E-state index contributed by atoms with van der Waals surface area (Å²) in [5.74, 6) is 0.890. The van der Waals surface area contributed by atoms with Gasteiger partial charge in [0.05, 0.1) is 29.5 Å². The molecule has 2 aromatic rings. The smallest absolute Gasteiger partial charge is 0.142 e. The highest BCUT2D eigenvalue weighted by Gasteiger charge is 2.17. The van der Waals surface area contributed by atoms with Crippen molar-refractivity contribution in [3.63, 3.8) is 0 Å². The monoisotopic (exact) mass is 290 g/mol. The molecule has 2 rings (SSSR count). The van der Waals surface area contributed by atoms with Gasteiger partial charge in [-0.15, -0.1) is 11.3 Å². The van der Waals surface area contributed by atoms with Crippen LogP contribution in [0.25, 0.3) is 0 Å². The lowest BCUT2D eigenvalue weighted by molar-refractivity contribution is 0.341. The van der Waals surface area contributed by atoms with Crippen LogP contribution in [-0.4, -0.2) is 11.6 Å². The van der Waals surface area contributed by atoms with Crippen molar-refractivity contribution in [1.82, 2.24) is 4.98 Å². The highest BCUT2D eigenvalue weighted by Crippen LogP contribution is 2.27. The molecule has 0 fully saturated rings. The second kappa shape index (κ2) is 6.27. The van der Waals surface area contributed by atoms with Crippen molar-refractivity contribution in [3.05, 3.63) is 40.3 Å². The number of hydrogen-bond acceptors (Lipinski definition) is 4. The van der Waals surface area contributed by atoms with Gasteiger partial charge in [-0.05, 0) is 19.1 Å². The van der Waals surface area contributed by atoms with Gasteiger partial charge in [-0.2, -0.15) is 0 Å². The van der Waals surface area contributed by atoms with Crippen LogP contribution in [-0.2, 0) is 12.0 Å². The molecule has 1 aromatic carbocycles. The molecule has 108 valence electrons. The Kier molecular flexibility index (Phi) is 4.65. The maximum Gasteiger partial charge on any atom is 0.142 e. The molecule has 0 unspecified atom stereocenters. The van der Waals surface area contributed by atoms with Crippen molar-refractivity contribution in [1.29, 1.82) is 0 Å². The number of thiazole rings is 1. The van der Waals surface area contributed by atoms with Crippen LogP contribution >= 0.6 is 11.3 Å². The van der Waals surface area contributed by atoms with Crippen molar-refractivity contribution < 1.29 is 4.74 Å². The number of aromatic nitrogens is 1. The van der Waals surface area contributed by atoms with Crippen LogP contribution in [0.15, 0.2) is 29.6 Å². The van der Waals surface area contributed by atoms with Gasteiger partial charge in [0.15, 0.2) is 0 Å². The van der Waals surface area contributed by atoms with E-state index in [1.54, 1.807) is 11.3 Å². The molecule has 0 atom stereocenters. The van der Waals surface area contributed by atoms with Crippen LogP contribution < -0.4 is 10.1 Å². The second-order valence-electron chi connectivity index (χ2n) is 5.68. The minimum absolute atomic E-state index is 0.117. The summed E-state index contributed by atoms with van der Waals surface area (Å²) in [6.45, 7) is 9.95. The minimum Gasteiger partial charge on any atom is -0.492 e. The lowest BCUT2D eigenvalue weighted by Gasteiger charge is -2.14. The fourth-order valence-electron chi connectivity index (χ4n) is 1.81. The van der Waals surface area contributed by atoms with Gasteiger partial charge in [0.1, 0.15) is 5.75 Å². The van der Waals surface area contributed by atoms with Crippen molar-refractivity contribution in [3.8, 4) is 5.75 Å². The van der Waals surface area contributed by atoms with Crippen molar-refractivity contribution in [2.24, 2.45) is 0 Å². The number of para-hydroxylation sites is 2. The summed E-state index contributed by atoms with van der Waals surface area (Å²) in [5, 5.41) is 6.69. The fourth-order valence-corrected chi connectivity index (χ4v) is 2.72. The zero-order chi connectivity index (χ0) is 14.6. The molecule has 0 radical (unpaired) electrons. The summed E-state index contributed by atoms with van der Waals surface area (Å²) < 4.78 is 5.60. The van der Waals surface area contributed by atoms with Gasteiger partial charge >= 0.3 is 0 Å². The zero-order valence-corrected chi connectivity index (χ0v) is 13.4. The minimum atomic E-state index is 0.117. The predicted octanol–water partition coefficient (Wildman–Crippen LogP) is 4.45. The molecule has 0 saturated carbocycles. The van der Waals surface area contributed by atoms with Gasteiger partial charge < -0.3 is 10.1 Å². The average Bonchev–Trinajstić information content (AvgIpc) is 2.87. The molecule has 0 amide bonds. The molecular formula is C16H22N2OS. The van der Waals surface area contributed by atoms with Gasteiger partial charge in [-0.3, -0.25) is 0 Å². The van der Waals surface area contributed by atoms with Gasteiger partial charge in [0.2, 0.25) is 0 Å². The van der Waals surface area contributed by atoms with E-state index < -0.39 is 0 Å². The molecule has 3 nitrogen and oxygen atoms in total. The van der Waals surface area contributed by atoms with Gasteiger partial charge in [0, 0.05) is 10.8 Å². The van der Waals surface area contributed by atoms with Crippen LogP contribution in [0.5, 0.6) is 5.75 Å². The van der Waals surface area contributed by atoms with E-state index in [9.17, 15) is 0 Å². The third-order valence-corrected chi connectivity index (χ3v) is 4.16. The molecular weight excluding hydrogens is 268 g/mol. The lowest BCUT2D eigenvalue weighted by Crippen LogP contribution is -2.11. The lowest BCUT2D eigenvalue weighted by atomic mass is 9.98. The number of hydrogen-bond donors (Lipinski definition) is 1. The first-order valence-corrected chi connectivity index (χ1v) is 7.79. The summed E-state index contributed by atoms with van der Waals surface area (Å²) in [4.78, 5) is 4.69. The van der Waals surface area contributed by atoms with E-state index in [-0.39, 0.29) is 5.41 Å². The van der Waals surface area contributed by atoms with Crippen LogP contribution in [0.4, 0.5) is 5.69 Å². The molecule has 0 bridgehead atoms. The van der Waals surface area contributed by atoms with Gasteiger partial charge in [0.25, 0.3) is 0 Å². The molecule has 0 aliphatic carbocycles. The molecule has 1 heterocycles. The zero-order valence-electron chi connectivity index (χ0n) is 12.6. The Morgan fingerprint density at radius 2 is 2.00 bits per heavy atom. The third kappa shape index (κ3) is 3.73. The maximum atomic E-state index is 5.60. The first-order chi connectivity index (χ1) is 9.50. The van der Waals surface area contributed by atoms with E-state index in [0.717, 1.165) is 23.7 Å². The first-order valence-electron chi connectivity index (χ1n) is 6.91. The topological polar surface area (TPSA) is 34.1 Å². The number of rotatable bonds is 5. The van der Waals surface area contributed by atoms with Crippen LogP contribution in [0.1, 0.15) is 38.4 Å². The first kappa shape index (κ1) is 14.9. The predicted molar refractivity (Wildman–Crippen MR) is 85.8 cm³/mol. The standard InChI is InChI=1S/C16H22N2OS/c1-5-19-14-9-7-6-8-13(14)17-10-12-11-20-15(18-12)16(2,3)4/h6-9,11,17H,5,10H2,1-4H3. The summed E-state index contributed by atoms with van der Waals surface area (Å²) in [7, 11) is 0. The van der Waals surface area contributed by atoms with E-state index in [1.807, 2.05) is 31.2 Å². The highest BCUT2D eigenvalue weighted by atomic mass is 32.1. The number of benzene rings is 1. The Bertz CT molecular complexity index is 558. The van der Waals surface area contributed by atoms with Gasteiger partial charge in [-0.25, -0.2) is 4.98 Å². The quantitative estimate of drug-likeness (QED) is 0.883. The van der Waals surface area contributed by atoms with Crippen molar-refractivity contribution >= 4 is 17.0 Å². The average molecular weight is 290 g/mol. The number of ether oxygens (including phenoxy) is 1. The Morgan fingerprint density at radius 1 is 1.25 bits per heavy atom. The van der Waals surface area contributed by atoms with E-state index in [0.29, 0.717) is 6.61 Å². The fraction of sp³-hybridized carbons (Fsp3) is 0.438. The highest BCUT2D eigenvalue weighted by molar-refractivity contribution is 7.09. The number of nitrogens with one attached hydrogen (secondary N) is 1. The molecule has 0 saturated heterocycles. The normalized spacial score (nSPS) is 11.4. The number of anilines is 1.